The lowest BCUT2D eigenvalue weighted by molar-refractivity contribution is -0.138. The van der Waals surface area contributed by atoms with Crippen molar-refractivity contribution in [2.24, 2.45) is 0 Å². The summed E-state index contributed by atoms with van der Waals surface area (Å²) in [5.74, 6) is 0.554. The zero-order valence-corrected chi connectivity index (χ0v) is 19.9. The number of amides is 1. The maximum absolute atomic E-state index is 12.8. The van der Waals surface area contributed by atoms with E-state index in [-0.39, 0.29) is 16.6 Å². The molecule has 3 aromatic rings. The number of nitrogens with one attached hydrogen (secondary N) is 1. The molecule has 0 aliphatic carbocycles. The van der Waals surface area contributed by atoms with Crippen LogP contribution < -0.4 is 14.4 Å². The zero-order chi connectivity index (χ0) is 24.8. The van der Waals surface area contributed by atoms with Gasteiger partial charge in [0.25, 0.3) is 15.9 Å². The number of carbonyl (C=O) groups excluding carboxylic acids is 1. The lowest BCUT2D eigenvalue weighted by Crippen LogP contribution is -2.52. The van der Waals surface area contributed by atoms with Crippen molar-refractivity contribution in [3.05, 3.63) is 72.7 Å². The summed E-state index contributed by atoms with van der Waals surface area (Å²) in [6.07, 6.45) is 2.05. The Morgan fingerprint density at radius 2 is 1.86 bits per heavy atom. The van der Waals surface area contributed by atoms with Crippen LogP contribution in [-0.4, -0.2) is 61.5 Å². The van der Waals surface area contributed by atoms with E-state index in [1.165, 1.54) is 18.6 Å². The average molecular weight is 493 g/mol. The third-order valence-electron chi connectivity index (χ3n) is 5.55. The van der Waals surface area contributed by atoms with Crippen molar-refractivity contribution >= 4 is 27.4 Å². The van der Waals surface area contributed by atoms with Crippen molar-refractivity contribution in [3.63, 3.8) is 0 Å². The highest BCUT2D eigenvalue weighted by Crippen LogP contribution is 2.22. The second-order valence-corrected chi connectivity index (χ2v) is 9.59. The Morgan fingerprint density at radius 1 is 1.11 bits per heavy atom. The van der Waals surface area contributed by atoms with E-state index in [9.17, 15) is 13.2 Å². The number of hydrogen-bond donors (Lipinski definition) is 1. The summed E-state index contributed by atoms with van der Waals surface area (Å²) in [5.41, 5.74) is 1.34. The summed E-state index contributed by atoms with van der Waals surface area (Å²) in [6, 6.07) is 16.8. The Kier molecular flexibility index (Phi) is 7.12. The van der Waals surface area contributed by atoms with Gasteiger partial charge in [0.1, 0.15) is 17.9 Å². The summed E-state index contributed by atoms with van der Waals surface area (Å²) in [6.45, 7) is 3.93. The number of rotatable bonds is 7. The number of ether oxygens (including phenoxy) is 1. The first-order valence-corrected chi connectivity index (χ1v) is 12.4. The molecule has 2 aromatic carbocycles. The fraction of sp³-hybridized carbons (Fsp3) is 0.250. The number of carbonyl (C=O) groups is 1. The summed E-state index contributed by atoms with van der Waals surface area (Å²) in [7, 11) is -3.76. The van der Waals surface area contributed by atoms with Gasteiger partial charge in [0.2, 0.25) is 0 Å². The predicted octanol–water partition coefficient (Wildman–Crippen LogP) is 2.27. The summed E-state index contributed by atoms with van der Waals surface area (Å²) >= 11 is 0. The highest BCUT2D eigenvalue weighted by Gasteiger charge is 2.26. The molecular formula is C24H24N6O4S. The SMILES string of the molecule is CC(Oc1cccc(C#N)c1)C(=O)N1CCN(c2ccc(S(=O)(=O)Nc3ccncn3)cc2)CC1. The quantitative estimate of drug-likeness (QED) is 0.532. The molecule has 1 N–H and O–H groups in total. The van der Waals surface area contributed by atoms with E-state index in [1.54, 1.807) is 60.4 Å². The fourth-order valence-electron chi connectivity index (χ4n) is 3.72. The van der Waals surface area contributed by atoms with Crippen LogP contribution in [0.25, 0.3) is 0 Å². The van der Waals surface area contributed by atoms with E-state index in [0.717, 1.165) is 5.69 Å². The molecule has 0 bridgehead atoms. The molecule has 1 atom stereocenters. The monoisotopic (exact) mass is 492 g/mol. The molecule has 35 heavy (non-hydrogen) atoms. The van der Waals surface area contributed by atoms with Gasteiger partial charge in [-0.15, -0.1) is 0 Å². The molecule has 1 fully saturated rings. The van der Waals surface area contributed by atoms with Gasteiger partial charge in [-0.3, -0.25) is 9.52 Å². The van der Waals surface area contributed by atoms with Crippen molar-refractivity contribution in [1.82, 2.24) is 14.9 Å². The van der Waals surface area contributed by atoms with Crippen molar-refractivity contribution in [3.8, 4) is 11.8 Å². The zero-order valence-electron chi connectivity index (χ0n) is 19.0. The van der Waals surface area contributed by atoms with E-state index < -0.39 is 16.1 Å². The first-order chi connectivity index (χ1) is 16.9. The minimum Gasteiger partial charge on any atom is -0.481 e. The number of piperazine rings is 1. The normalized spacial score (nSPS) is 14.6. The molecule has 11 heteroatoms. The third-order valence-corrected chi connectivity index (χ3v) is 6.92. The Hall–Kier alpha value is -4.17. The Bertz CT molecular complexity index is 1320. The molecule has 1 aromatic heterocycles. The van der Waals surface area contributed by atoms with Crippen LogP contribution in [0.3, 0.4) is 0 Å². The molecule has 4 rings (SSSR count). The van der Waals surface area contributed by atoms with Crippen molar-refractivity contribution in [1.29, 1.82) is 5.26 Å². The van der Waals surface area contributed by atoms with Gasteiger partial charge in [-0.1, -0.05) is 6.07 Å². The molecule has 1 unspecified atom stereocenters. The van der Waals surface area contributed by atoms with Gasteiger partial charge in [0.05, 0.1) is 16.5 Å². The van der Waals surface area contributed by atoms with Gasteiger partial charge in [-0.25, -0.2) is 18.4 Å². The van der Waals surface area contributed by atoms with Crippen LogP contribution in [0.15, 0.2) is 72.0 Å². The molecule has 0 saturated carbocycles. The standard InChI is InChI=1S/C24H24N6O4S/c1-18(34-21-4-2-3-19(15-21)16-25)24(31)30-13-11-29(12-14-30)20-5-7-22(8-6-20)35(32,33)28-23-9-10-26-17-27-23/h2-10,15,17-18H,11-14H2,1H3,(H,26,27,28). The summed E-state index contributed by atoms with van der Waals surface area (Å²) < 4.78 is 33.3. The Balaban J connectivity index is 1.32. The lowest BCUT2D eigenvalue weighted by Gasteiger charge is -2.37. The molecule has 0 spiro atoms. The molecule has 2 heterocycles. The van der Waals surface area contributed by atoms with Gasteiger partial charge in [-0.05, 0) is 55.5 Å². The van der Waals surface area contributed by atoms with E-state index >= 15 is 0 Å². The average Bonchev–Trinajstić information content (AvgIpc) is 2.89. The molecule has 1 aliphatic rings. The Labute approximate surface area is 203 Å². The molecule has 180 valence electrons. The van der Waals surface area contributed by atoms with Crippen LogP contribution in [0.4, 0.5) is 11.5 Å². The molecule has 1 aliphatic heterocycles. The van der Waals surface area contributed by atoms with Crippen LogP contribution in [0.5, 0.6) is 5.75 Å². The van der Waals surface area contributed by atoms with E-state index in [4.69, 9.17) is 10.00 Å². The summed E-state index contributed by atoms with van der Waals surface area (Å²) in [4.78, 5) is 24.5. The van der Waals surface area contributed by atoms with Crippen molar-refractivity contribution in [2.45, 2.75) is 17.9 Å². The number of hydrogen-bond acceptors (Lipinski definition) is 8. The van der Waals surface area contributed by atoms with Gasteiger partial charge < -0.3 is 14.5 Å². The fourth-order valence-corrected chi connectivity index (χ4v) is 4.73. The maximum Gasteiger partial charge on any atom is 0.263 e. The molecule has 10 nitrogen and oxygen atoms in total. The Morgan fingerprint density at radius 3 is 2.51 bits per heavy atom. The van der Waals surface area contributed by atoms with E-state index in [1.807, 2.05) is 0 Å². The van der Waals surface area contributed by atoms with Crippen molar-refractivity contribution in [2.75, 3.05) is 35.8 Å². The van der Waals surface area contributed by atoms with Gasteiger partial charge in [0.15, 0.2) is 6.10 Å². The smallest absolute Gasteiger partial charge is 0.263 e. The van der Waals surface area contributed by atoms with Crippen LogP contribution >= 0.6 is 0 Å². The van der Waals surface area contributed by atoms with Gasteiger partial charge in [0, 0.05) is 38.1 Å². The number of benzene rings is 2. The minimum absolute atomic E-state index is 0.121. The predicted molar refractivity (Wildman–Crippen MR) is 129 cm³/mol. The number of anilines is 2. The first kappa shape index (κ1) is 24.0. The minimum atomic E-state index is -3.76. The number of aromatic nitrogens is 2. The number of nitriles is 1. The van der Waals surface area contributed by atoms with Gasteiger partial charge in [-0.2, -0.15) is 5.26 Å². The van der Waals surface area contributed by atoms with Crippen LogP contribution in [0.1, 0.15) is 12.5 Å². The third kappa shape index (κ3) is 5.85. The lowest BCUT2D eigenvalue weighted by atomic mass is 10.2. The highest BCUT2D eigenvalue weighted by atomic mass is 32.2. The largest absolute Gasteiger partial charge is 0.481 e. The second-order valence-electron chi connectivity index (χ2n) is 7.91. The van der Waals surface area contributed by atoms with Crippen LogP contribution in [-0.2, 0) is 14.8 Å². The maximum atomic E-state index is 12.8. The van der Waals surface area contributed by atoms with Gasteiger partial charge >= 0.3 is 0 Å². The van der Waals surface area contributed by atoms with E-state index in [0.29, 0.717) is 37.5 Å². The number of sulfonamides is 1. The molecular weight excluding hydrogens is 468 g/mol. The second kappa shape index (κ2) is 10.4. The highest BCUT2D eigenvalue weighted by molar-refractivity contribution is 7.92. The molecule has 1 amide bonds. The van der Waals surface area contributed by atoms with Crippen LogP contribution in [0.2, 0.25) is 0 Å². The van der Waals surface area contributed by atoms with E-state index in [2.05, 4.69) is 25.7 Å². The van der Waals surface area contributed by atoms with Crippen LogP contribution in [0, 0.1) is 11.3 Å². The number of nitrogens with zero attached hydrogens (tertiary/aromatic N) is 5. The molecule has 0 radical (unpaired) electrons. The van der Waals surface area contributed by atoms with Crippen molar-refractivity contribution < 1.29 is 17.9 Å². The summed E-state index contributed by atoms with van der Waals surface area (Å²) in [5, 5.41) is 9.02. The topological polar surface area (TPSA) is 129 Å². The molecule has 1 saturated heterocycles. The first-order valence-electron chi connectivity index (χ1n) is 11.0.